The molecule has 5 aliphatic rings. The Morgan fingerprint density at radius 1 is 0.867 bits per heavy atom. The van der Waals surface area contributed by atoms with Crippen LogP contribution in [0.3, 0.4) is 0 Å². The Bertz CT molecular complexity index is 713. The lowest BCUT2D eigenvalue weighted by Crippen LogP contribution is -2.52. The normalized spacial score (nSPS) is 49.7. The third kappa shape index (κ3) is 3.21. The fourth-order valence-corrected chi connectivity index (χ4v) is 9.54. The van der Waals surface area contributed by atoms with Crippen molar-refractivity contribution >= 4 is 12.3 Å². The molecule has 30 heavy (non-hydrogen) atoms. The fourth-order valence-electron chi connectivity index (χ4n) is 9.54. The van der Waals surface area contributed by atoms with Crippen LogP contribution in [0.2, 0.25) is 0 Å². The third-order valence-corrected chi connectivity index (χ3v) is 10.5. The second-order valence-electron chi connectivity index (χ2n) is 11.7. The monoisotopic (exact) mass is 412 g/mol. The number of allylic oxidation sites excluding steroid dienone is 1. The molecule has 3 heteroatoms. The topological polar surface area (TPSA) is 43.4 Å². The number of fused-ring (bicyclic) bond motifs is 7. The number of carbonyl (C=O) groups excluding carboxylic acids is 2. The largest absolute Gasteiger partial charge is 0.463 e. The number of carbonyl (C=O) groups is 2. The molecule has 0 aliphatic heterocycles. The van der Waals surface area contributed by atoms with Crippen molar-refractivity contribution in [3.8, 4) is 0 Å². The van der Waals surface area contributed by atoms with E-state index < -0.39 is 0 Å². The lowest BCUT2D eigenvalue weighted by atomic mass is 9.46. The lowest BCUT2D eigenvalue weighted by molar-refractivity contribution is -0.152. The first-order valence-electron chi connectivity index (χ1n) is 12.7. The Kier molecular flexibility index (Phi) is 5.39. The molecule has 0 spiro atoms. The van der Waals surface area contributed by atoms with Crippen LogP contribution in [0.25, 0.3) is 0 Å². The summed E-state index contributed by atoms with van der Waals surface area (Å²) in [5, 5.41) is 0. The van der Waals surface area contributed by atoms with Gasteiger partial charge in [-0.15, -0.1) is 0 Å². The number of esters is 1. The molecule has 3 nitrogen and oxygen atoms in total. The van der Waals surface area contributed by atoms with E-state index in [1.165, 1.54) is 56.8 Å². The maximum absolute atomic E-state index is 12.3. The molecule has 0 heterocycles. The van der Waals surface area contributed by atoms with Crippen molar-refractivity contribution in [2.75, 3.05) is 0 Å². The number of ether oxygens (including phenoxy) is 1. The van der Waals surface area contributed by atoms with Crippen molar-refractivity contribution in [2.24, 2.45) is 52.8 Å². The first-order valence-corrected chi connectivity index (χ1v) is 12.7. The molecular weight excluding hydrogens is 372 g/mol. The van der Waals surface area contributed by atoms with Crippen molar-refractivity contribution in [3.63, 3.8) is 0 Å². The number of hydrogen-bond donors (Lipinski definition) is 0. The molecule has 0 radical (unpaired) electrons. The highest BCUT2D eigenvalue weighted by molar-refractivity contribution is 5.66. The Morgan fingerprint density at radius 2 is 1.50 bits per heavy atom. The van der Waals surface area contributed by atoms with Crippen LogP contribution in [-0.2, 0) is 14.3 Å². The minimum absolute atomic E-state index is 0.0447. The molecule has 0 aromatic heterocycles. The molecule has 0 bridgehead atoms. The van der Waals surface area contributed by atoms with Crippen LogP contribution >= 0.6 is 0 Å². The zero-order chi connectivity index (χ0) is 21.0. The molecule has 10 atom stereocenters. The third-order valence-electron chi connectivity index (χ3n) is 10.5. The predicted molar refractivity (Wildman–Crippen MR) is 118 cm³/mol. The summed E-state index contributed by atoms with van der Waals surface area (Å²) in [6.07, 6.45) is 15.0. The van der Waals surface area contributed by atoms with Crippen molar-refractivity contribution in [1.29, 1.82) is 0 Å². The van der Waals surface area contributed by atoms with E-state index in [4.69, 9.17) is 4.74 Å². The van der Waals surface area contributed by atoms with Gasteiger partial charge in [0.25, 0.3) is 0 Å². The van der Waals surface area contributed by atoms with Gasteiger partial charge in [-0.3, -0.25) is 4.79 Å². The predicted octanol–water partition coefficient (Wildman–Crippen LogP) is 5.97. The van der Waals surface area contributed by atoms with Gasteiger partial charge in [-0.1, -0.05) is 12.2 Å². The highest BCUT2D eigenvalue weighted by atomic mass is 16.5. The van der Waals surface area contributed by atoms with Crippen LogP contribution in [0.15, 0.2) is 12.2 Å². The number of aldehydes is 1. The van der Waals surface area contributed by atoms with Crippen LogP contribution in [0, 0.1) is 52.8 Å². The smallest absolute Gasteiger partial charge is 0.302 e. The van der Waals surface area contributed by atoms with Crippen molar-refractivity contribution in [2.45, 2.75) is 90.6 Å². The Balaban J connectivity index is 1.34. The molecule has 0 unspecified atom stereocenters. The minimum Gasteiger partial charge on any atom is -0.463 e. The second kappa shape index (κ2) is 7.78. The van der Waals surface area contributed by atoms with Crippen LogP contribution in [0.5, 0.6) is 0 Å². The zero-order valence-corrected chi connectivity index (χ0v) is 19.0. The molecule has 5 aliphatic carbocycles. The van der Waals surface area contributed by atoms with E-state index in [1.807, 2.05) is 0 Å². The average molecular weight is 413 g/mol. The van der Waals surface area contributed by atoms with Gasteiger partial charge >= 0.3 is 5.97 Å². The molecule has 166 valence electrons. The molecule has 0 amide bonds. The number of hydrogen-bond acceptors (Lipinski definition) is 3. The van der Waals surface area contributed by atoms with E-state index in [9.17, 15) is 9.59 Å². The Labute approximate surface area is 182 Å². The van der Waals surface area contributed by atoms with Gasteiger partial charge in [-0.2, -0.15) is 0 Å². The highest BCUT2D eigenvalue weighted by Crippen LogP contribution is 2.65. The van der Waals surface area contributed by atoms with Gasteiger partial charge in [-0.25, -0.2) is 0 Å². The summed E-state index contributed by atoms with van der Waals surface area (Å²) in [6, 6.07) is 0. The molecule has 0 aromatic rings. The quantitative estimate of drug-likeness (QED) is 0.326. The van der Waals surface area contributed by atoms with E-state index in [1.54, 1.807) is 6.92 Å². The van der Waals surface area contributed by atoms with Gasteiger partial charge in [0, 0.05) is 12.3 Å². The first-order chi connectivity index (χ1) is 14.4. The average Bonchev–Trinajstić information content (AvgIpc) is 3.13. The maximum Gasteiger partial charge on any atom is 0.302 e. The van der Waals surface area contributed by atoms with Crippen LogP contribution in [-0.4, -0.2) is 18.4 Å². The van der Waals surface area contributed by atoms with Gasteiger partial charge in [0.05, 0.1) is 0 Å². The highest BCUT2D eigenvalue weighted by Gasteiger charge is 2.59. The summed E-state index contributed by atoms with van der Waals surface area (Å²) < 4.78 is 5.59. The summed E-state index contributed by atoms with van der Waals surface area (Å²) in [5.41, 5.74) is 1.27. The Morgan fingerprint density at radius 3 is 2.23 bits per heavy atom. The van der Waals surface area contributed by atoms with Crippen LogP contribution in [0.1, 0.15) is 84.5 Å². The van der Waals surface area contributed by atoms with Gasteiger partial charge in [-0.05, 0) is 125 Å². The van der Waals surface area contributed by atoms with Gasteiger partial charge in [0.1, 0.15) is 12.4 Å². The molecule has 5 fully saturated rings. The summed E-state index contributed by atoms with van der Waals surface area (Å²) in [7, 11) is 0. The number of rotatable bonds is 3. The van der Waals surface area contributed by atoms with Crippen molar-refractivity contribution in [1.82, 2.24) is 0 Å². The summed E-state index contributed by atoms with van der Waals surface area (Å²) in [4.78, 5) is 23.7. The van der Waals surface area contributed by atoms with E-state index >= 15 is 0 Å². The standard InChI is InChI=1S/C27H40O3/c1-16(2)20-10-12-27(15-28)13-11-24-23-6-4-18-14-19(30-17(3)29)5-7-21(18)22(23)8-9-25(24)26(20)27/h15,18-26H,1,4-14H2,2-3H3/t18-,19-,20-,21-,22+,23+,24-,25-,26-,27+/m0/s1. The van der Waals surface area contributed by atoms with Gasteiger partial charge in [0.2, 0.25) is 0 Å². The van der Waals surface area contributed by atoms with Crippen LogP contribution in [0.4, 0.5) is 0 Å². The summed E-state index contributed by atoms with van der Waals surface area (Å²) >= 11 is 0. The van der Waals surface area contributed by atoms with Crippen molar-refractivity contribution in [3.05, 3.63) is 12.2 Å². The fraction of sp³-hybridized carbons (Fsp3) is 0.852. The van der Waals surface area contributed by atoms with E-state index in [2.05, 4.69) is 13.5 Å². The summed E-state index contributed by atoms with van der Waals surface area (Å²) in [6.45, 7) is 8.09. The molecule has 0 aromatic carbocycles. The minimum atomic E-state index is -0.114. The Hall–Kier alpha value is -1.12. The molecule has 5 rings (SSSR count). The second-order valence-corrected chi connectivity index (χ2v) is 11.7. The molecular formula is C27H40O3. The van der Waals surface area contributed by atoms with Gasteiger partial charge in [0.15, 0.2) is 0 Å². The molecule has 0 N–H and O–H groups in total. The molecule has 0 saturated heterocycles. The first kappa shape index (κ1) is 20.8. The van der Waals surface area contributed by atoms with E-state index in [0.717, 1.165) is 61.2 Å². The zero-order valence-electron chi connectivity index (χ0n) is 19.0. The summed E-state index contributed by atoms with van der Waals surface area (Å²) in [5.74, 6) is 5.92. The van der Waals surface area contributed by atoms with E-state index in [-0.39, 0.29) is 17.5 Å². The maximum atomic E-state index is 12.3. The van der Waals surface area contributed by atoms with E-state index in [0.29, 0.717) is 11.8 Å². The van der Waals surface area contributed by atoms with Crippen LogP contribution < -0.4 is 0 Å². The van der Waals surface area contributed by atoms with Gasteiger partial charge < -0.3 is 9.53 Å². The SMILES string of the molecule is C=C(C)[C@@H]1CC[C@]2(C=O)CC[C@H]3[C@@H]4CC[C@H]5C[C@@H](OC(C)=O)CC[C@@H]5[C@H]4CC[C@@H]3[C@H]12. The molecule has 5 saturated carbocycles. The van der Waals surface area contributed by atoms with Crippen molar-refractivity contribution < 1.29 is 14.3 Å². The lowest BCUT2D eigenvalue weighted by Gasteiger charge is -2.58.